The van der Waals surface area contributed by atoms with Gasteiger partial charge in [0.15, 0.2) is 0 Å². The fourth-order valence-corrected chi connectivity index (χ4v) is 1.33. The predicted octanol–water partition coefficient (Wildman–Crippen LogP) is 2.38. The normalized spacial score (nSPS) is 9.83. The first-order valence-corrected chi connectivity index (χ1v) is 5.71. The Bertz CT molecular complexity index is 427. The van der Waals surface area contributed by atoms with Crippen LogP contribution in [0.1, 0.15) is 25.0 Å². The van der Waals surface area contributed by atoms with Gasteiger partial charge in [0.2, 0.25) is 0 Å². The molecule has 0 unspecified atom stereocenters. The Labute approximate surface area is 108 Å². The van der Waals surface area contributed by atoms with Crippen molar-refractivity contribution in [1.29, 1.82) is 0 Å². The second-order valence-corrected chi connectivity index (χ2v) is 3.35. The minimum absolute atomic E-state index is 0.488. The summed E-state index contributed by atoms with van der Waals surface area (Å²) in [5, 5.41) is 0. The molecule has 18 heavy (non-hydrogen) atoms. The van der Waals surface area contributed by atoms with Gasteiger partial charge < -0.3 is 14.2 Å². The molecular weight excluding hydrogens is 228 g/mol. The quantitative estimate of drug-likeness (QED) is 0.568. The average molecular weight is 244 g/mol. The van der Waals surface area contributed by atoms with E-state index in [1.165, 1.54) is 0 Å². The zero-order valence-electron chi connectivity index (χ0n) is 10.6. The molecule has 0 aliphatic carbocycles. The maximum Gasteiger partial charge on any atom is 0.315 e. The van der Waals surface area contributed by atoms with Crippen LogP contribution >= 0.6 is 0 Å². The third-order valence-electron chi connectivity index (χ3n) is 2.08. The molecule has 0 N–H and O–H groups in total. The highest BCUT2D eigenvalue weighted by molar-refractivity contribution is 5.47. The number of hydrogen-bond donors (Lipinski definition) is 0. The van der Waals surface area contributed by atoms with Crippen LogP contribution in [-0.4, -0.2) is 19.7 Å². The first kappa shape index (κ1) is 14.1. The van der Waals surface area contributed by atoms with Gasteiger partial charge >= 0.3 is 6.48 Å². The summed E-state index contributed by atoms with van der Waals surface area (Å²) >= 11 is 0. The van der Waals surface area contributed by atoms with Crippen LogP contribution in [0, 0.1) is 24.7 Å². The van der Waals surface area contributed by atoms with E-state index >= 15 is 0 Å². The van der Waals surface area contributed by atoms with Crippen molar-refractivity contribution in [3.05, 3.63) is 29.3 Å². The summed E-state index contributed by atoms with van der Waals surface area (Å²) in [5.41, 5.74) is 1.32. The molecule has 0 bridgehead atoms. The molecule has 3 heteroatoms. The first-order chi connectivity index (χ1) is 8.73. The van der Waals surface area contributed by atoms with Crippen LogP contribution in [0.4, 0.5) is 0 Å². The Hall–Kier alpha value is -1.94. The number of ether oxygens (including phenoxy) is 3. The summed E-state index contributed by atoms with van der Waals surface area (Å²) in [6.07, 6.45) is 10.7. The highest BCUT2D eigenvalue weighted by Gasteiger charge is 2.10. The highest BCUT2D eigenvalue weighted by atomic mass is 16.8. The van der Waals surface area contributed by atoms with E-state index in [4.69, 9.17) is 27.1 Å². The van der Waals surface area contributed by atoms with Gasteiger partial charge in [-0.2, -0.15) is 0 Å². The molecule has 1 rings (SSSR count). The van der Waals surface area contributed by atoms with Crippen molar-refractivity contribution >= 4 is 0 Å². The van der Waals surface area contributed by atoms with Crippen molar-refractivity contribution in [2.45, 2.75) is 20.3 Å². The van der Waals surface area contributed by atoms with Gasteiger partial charge in [0.05, 0.1) is 13.2 Å². The van der Waals surface area contributed by atoms with Crippen LogP contribution in [0.25, 0.3) is 0 Å². The van der Waals surface area contributed by atoms with Gasteiger partial charge in [0, 0.05) is 11.1 Å². The van der Waals surface area contributed by atoms with E-state index in [1.54, 1.807) is 18.2 Å². The van der Waals surface area contributed by atoms with E-state index in [1.807, 2.05) is 13.8 Å². The van der Waals surface area contributed by atoms with Gasteiger partial charge in [0.1, 0.15) is 5.75 Å². The van der Waals surface area contributed by atoms with E-state index in [-0.39, 0.29) is 0 Å². The van der Waals surface area contributed by atoms with Crippen molar-refractivity contribution in [2.75, 3.05) is 13.2 Å². The van der Waals surface area contributed by atoms with Crippen molar-refractivity contribution in [2.24, 2.45) is 0 Å². The number of benzene rings is 1. The standard InChI is InChI=1S/C15H16O3/c1-5-12-9-13(6-2)11-14(10-12)18-15(16-7-3)17-8-4/h1-2,9-11,15H,7-8H2,3-4H3. The minimum Gasteiger partial charge on any atom is -0.441 e. The summed E-state index contributed by atoms with van der Waals surface area (Å²) in [7, 11) is 0. The zero-order chi connectivity index (χ0) is 13.4. The molecule has 0 heterocycles. The lowest BCUT2D eigenvalue weighted by Crippen LogP contribution is -2.24. The molecule has 0 amide bonds. The lowest BCUT2D eigenvalue weighted by Gasteiger charge is -2.18. The van der Waals surface area contributed by atoms with Crippen molar-refractivity contribution in [1.82, 2.24) is 0 Å². The molecule has 94 valence electrons. The molecule has 0 saturated carbocycles. The van der Waals surface area contributed by atoms with Gasteiger partial charge in [0.25, 0.3) is 0 Å². The van der Waals surface area contributed by atoms with Crippen LogP contribution in [0.15, 0.2) is 18.2 Å². The fraction of sp³-hybridized carbons (Fsp3) is 0.333. The van der Waals surface area contributed by atoms with Crippen molar-refractivity contribution in [3.8, 4) is 30.4 Å². The lowest BCUT2D eigenvalue weighted by molar-refractivity contribution is -0.242. The van der Waals surface area contributed by atoms with Crippen LogP contribution in [0.2, 0.25) is 0 Å². The summed E-state index contributed by atoms with van der Waals surface area (Å²) in [5.74, 6) is 5.58. The molecule has 3 nitrogen and oxygen atoms in total. The topological polar surface area (TPSA) is 27.7 Å². The molecule has 0 fully saturated rings. The molecular formula is C15H16O3. The van der Waals surface area contributed by atoms with Gasteiger partial charge in [-0.25, -0.2) is 0 Å². The van der Waals surface area contributed by atoms with Crippen molar-refractivity contribution in [3.63, 3.8) is 0 Å². The largest absolute Gasteiger partial charge is 0.441 e. The molecule has 0 radical (unpaired) electrons. The fourth-order valence-electron chi connectivity index (χ4n) is 1.33. The summed E-state index contributed by atoms with van der Waals surface area (Å²) in [6.45, 7) is 3.95. The van der Waals surface area contributed by atoms with Crippen LogP contribution < -0.4 is 4.74 Å². The average Bonchev–Trinajstić information content (AvgIpc) is 2.38. The number of terminal acetylenes is 2. The molecule has 0 saturated heterocycles. The maximum atomic E-state index is 5.54. The molecule has 1 aromatic rings. The zero-order valence-corrected chi connectivity index (χ0v) is 10.6. The second kappa shape index (κ2) is 7.40. The summed E-state index contributed by atoms with van der Waals surface area (Å²) in [4.78, 5) is 0. The monoisotopic (exact) mass is 244 g/mol. The molecule has 1 aromatic carbocycles. The van der Waals surface area contributed by atoms with E-state index in [2.05, 4.69) is 11.8 Å². The SMILES string of the molecule is C#Cc1cc(C#C)cc(OC(OCC)OCC)c1. The van der Waals surface area contributed by atoms with Crippen LogP contribution in [0.5, 0.6) is 5.75 Å². The third kappa shape index (κ3) is 4.14. The summed E-state index contributed by atoms with van der Waals surface area (Å²) < 4.78 is 16.1. The Morgan fingerprint density at radius 2 is 1.50 bits per heavy atom. The minimum atomic E-state index is -0.751. The van der Waals surface area contributed by atoms with E-state index in [0.717, 1.165) is 0 Å². The van der Waals surface area contributed by atoms with Crippen molar-refractivity contribution < 1.29 is 14.2 Å². The Morgan fingerprint density at radius 1 is 1.00 bits per heavy atom. The second-order valence-electron chi connectivity index (χ2n) is 3.35. The molecule has 0 spiro atoms. The number of hydrogen-bond acceptors (Lipinski definition) is 3. The molecule has 0 aliphatic rings. The lowest BCUT2D eigenvalue weighted by atomic mass is 10.1. The number of rotatable bonds is 6. The summed E-state index contributed by atoms with van der Waals surface area (Å²) in [6, 6.07) is 5.17. The molecule has 0 aliphatic heterocycles. The predicted molar refractivity (Wildman–Crippen MR) is 70.0 cm³/mol. The third-order valence-corrected chi connectivity index (χ3v) is 2.08. The smallest absolute Gasteiger partial charge is 0.315 e. The van der Waals surface area contributed by atoms with E-state index in [0.29, 0.717) is 30.1 Å². The van der Waals surface area contributed by atoms with Gasteiger partial charge in [-0.3, -0.25) is 0 Å². The Balaban J connectivity index is 2.88. The molecule has 0 aromatic heterocycles. The Kier molecular flexibility index (Phi) is 5.80. The first-order valence-electron chi connectivity index (χ1n) is 5.71. The van der Waals surface area contributed by atoms with Gasteiger partial charge in [-0.05, 0) is 32.0 Å². The van der Waals surface area contributed by atoms with Crippen LogP contribution in [-0.2, 0) is 9.47 Å². The highest BCUT2D eigenvalue weighted by Crippen LogP contribution is 2.18. The van der Waals surface area contributed by atoms with Gasteiger partial charge in [-0.1, -0.05) is 11.8 Å². The van der Waals surface area contributed by atoms with E-state index < -0.39 is 6.48 Å². The van der Waals surface area contributed by atoms with Gasteiger partial charge in [-0.15, -0.1) is 12.8 Å². The Morgan fingerprint density at radius 3 is 1.89 bits per heavy atom. The molecule has 0 atom stereocenters. The maximum absolute atomic E-state index is 5.54. The van der Waals surface area contributed by atoms with E-state index in [9.17, 15) is 0 Å². The van der Waals surface area contributed by atoms with Crippen LogP contribution in [0.3, 0.4) is 0 Å².